The van der Waals surface area contributed by atoms with Crippen molar-refractivity contribution in [2.75, 3.05) is 30.0 Å². The van der Waals surface area contributed by atoms with Crippen LogP contribution in [0.2, 0.25) is 0 Å². The summed E-state index contributed by atoms with van der Waals surface area (Å²) >= 11 is 3.16. The lowest BCUT2D eigenvalue weighted by atomic mass is 10.1. The van der Waals surface area contributed by atoms with Gasteiger partial charge in [0.1, 0.15) is 11.5 Å². The van der Waals surface area contributed by atoms with E-state index in [1.165, 1.54) is 14.2 Å². The molecule has 28 heavy (non-hydrogen) atoms. The number of halogens is 1. The van der Waals surface area contributed by atoms with Crippen molar-refractivity contribution in [3.63, 3.8) is 0 Å². The Kier molecular flexibility index (Phi) is 7.19. The maximum absolute atomic E-state index is 12.2. The van der Waals surface area contributed by atoms with Gasteiger partial charge in [-0.15, -0.1) is 0 Å². The molecule has 0 amide bonds. The second-order valence-corrected chi connectivity index (χ2v) is 8.23. The van der Waals surface area contributed by atoms with Gasteiger partial charge in [-0.3, -0.25) is 4.79 Å². The van der Waals surface area contributed by atoms with Crippen LogP contribution in [0.3, 0.4) is 0 Å². The van der Waals surface area contributed by atoms with Crippen molar-refractivity contribution in [1.29, 1.82) is 0 Å². The summed E-state index contributed by atoms with van der Waals surface area (Å²) in [4.78, 5) is 11.4. The largest absolute Gasteiger partial charge is 0.502 e. The van der Waals surface area contributed by atoms with E-state index in [-0.39, 0.29) is 11.5 Å². The normalized spacial score (nSPS) is 11.1. The number of esters is 1. The van der Waals surface area contributed by atoms with E-state index < -0.39 is 33.4 Å². The first-order chi connectivity index (χ1) is 13.2. The molecule has 0 aliphatic heterocycles. The molecule has 2 N–H and O–H groups in total. The Balaban J connectivity index is 2.55. The Labute approximate surface area is 170 Å². The third-order valence-electron chi connectivity index (χ3n) is 3.49. The highest BCUT2D eigenvalue weighted by molar-refractivity contribution is 9.09. The molecule has 0 saturated carbocycles. The summed E-state index contributed by atoms with van der Waals surface area (Å²) in [5.74, 6) is -1.60. The first-order valence-electron chi connectivity index (χ1n) is 8.04. The van der Waals surface area contributed by atoms with Gasteiger partial charge in [-0.25, -0.2) is 13.1 Å². The lowest BCUT2D eigenvalue weighted by molar-refractivity contribution is -0.131. The summed E-state index contributed by atoms with van der Waals surface area (Å²) in [7, 11) is -0.887. The average Bonchev–Trinajstić information content (AvgIpc) is 2.94. The van der Waals surface area contributed by atoms with Crippen LogP contribution in [0.5, 0.6) is 23.0 Å². The van der Waals surface area contributed by atoms with Gasteiger partial charge in [0.25, 0.3) is 5.88 Å². The molecule has 2 aromatic rings. The van der Waals surface area contributed by atoms with Gasteiger partial charge in [-0.2, -0.15) is 0 Å². The predicted molar refractivity (Wildman–Crippen MR) is 106 cm³/mol. The smallest absolute Gasteiger partial charge is 0.308 e. The maximum Gasteiger partial charge on any atom is 0.308 e. The van der Waals surface area contributed by atoms with E-state index in [9.17, 15) is 18.3 Å². The molecule has 154 valence electrons. The van der Waals surface area contributed by atoms with Gasteiger partial charge in [0.05, 0.1) is 20.0 Å². The Morgan fingerprint density at radius 2 is 1.82 bits per heavy atom. The second-order valence-electron chi connectivity index (χ2n) is 5.60. The van der Waals surface area contributed by atoms with Crippen molar-refractivity contribution in [1.82, 2.24) is 0 Å². The molecule has 0 bridgehead atoms. The summed E-state index contributed by atoms with van der Waals surface area (Å²) in [5.41, 5.74) is 0.327. The predicted octanol–water partition coefficient (Wildman–Crippen LogP) is 3.12. The number of aromatic hydroxyl groups is 1. The SMILES string of the molecule is COc1cc(OC)cc(-c2oc(NS(=O)(=O)CCCBr)c(OC(C)=O)c2O)c1. The number of furan rings is 1. The van der Waals surface area contributed by atoms with Gasteiger partial charge in [-0.1, -0.05) is 15.9 Å². The lowest BCUT2D eigenvalue weighted by Gasteiger charge is -2.07. The number of carbonyl (C=O) groups is 1. The quantitative estimate of drug-likeness (QED) is 0.416. The van der Waals surface area contributed by atoms with Crippen molar-refractivity contribution in [2.45, 2.75) is 13.3 Å². The number of carbonyl (C=O) groups excluding carboxylic acids is 1. The highest BCUT2D eigenvalue weighted by atomic mass is 79.9. The van der Waals surface area contributed by atoms with Crippen LogP contribution < -0.4 is 18.9 Å². The number of methoxy groups -OCH3 is 2. The van der Waals surface area contributed by atoms with Crippen LogP contribution in [0, 0.1) is 0 Å². The molecule has 1 heterocycles. The van der Waals surface area contributed by atoms with E-state index in [2.05, 4.69) is 20.7 Å². The number of rotatable bonds is 9. The van der Waals surface area contributed by atoms with Gasteiger partial charge in [0.2, 0.25) is 21.5 Å². The molecule has 2 rings (SSSR count). The van der Waals surface area contributed by atoms with Crippen molar-refractivity contribution < 1.29 is 36.9 Å². The fraction of sp³-hybridized carbons (Fsp3) is 0.353. The van der Waals surface area contributed by atoms with E-state index in [0.29, 0.717) is 28.8 Å². The Morgan fingerprint density at radius 1 is 1.21 bits per heavy atom. The van der Waals surface area contributed by atoms with Crippen LogP contribution >= 0.6 is 15.9 Å². The standard InChI is InChI=1S/C17H20BrNO8S/c1-10(20)26-16-14(21)15(11-7-12(24-2)9-13(8-11)25-3)27-17(16)19-28(22,23)6-4-5-18/h7-9,19,21H,4-6H2,1-3H3. The molecular weight excluding hydrogens is 458 g/mol. The van der Waals surface area contributed by atoms with Gasteiger partial charge in [-0.05, 0) is 18.6 Å². The summed E-state index contributed by atoms with van der Waals surface area (Å²) in [5, 5.41) is 11.0. The Morgan fingerprint density at radius 3 is 2.32 bits per heavy atom. The fourth-order valence-electron chi connectivity index (χ4n) is 2.28. The topological polar surface area (TPSA) is 124 Å². The number of anilines is 1. The van der Waals surface area contributed by atoms with E-state index in [1.807, 2.05) is 0 Å². The van der Waals surface area contributed by atoms with Crippen LogP contribution in [0.25, 0.3) is 11.3 Å². The monoisotopic (exact) mass is 477 g/mol. The summed E-state index contributed by atoms with van der Waals surface area (Å²) < 4.78 is 47.4. The second kappa shape index (κ2) is 9.20. The molecule has 0 aliphatic carbocycles. The van der Waals surface area contributed by atoms with Crippen molar-refractivity contribution in [3.05, 3.63) is 18.2 Å². The number of nitrogens with one attached hydrogen (secondary N) is 1. The van der Waals surface area contributed by atoms with Crippen molar-refractivity contribution >= 4 is 37.8 Å². The molecular formula is C17H20BrNO8S. The Bertz CT molecular complexity index is 932. The number of hydrogen-bond donors (Lipinski definition) is 2. The number of hydrogen-bond acceptors (Lipinski definition) is 8. The number of ether oxygens (including phenoxy) is 3. The van der Waals surface area contributed by atoms with E-state index >= 15 is 0 Å². The molecule has 9 nitrogen and oxygen atoms in total. The van der Waals surface area contributed by atoms with Crippen LogP contribution in [-0.4, -0.2) is 44.8 Å². The molecule has 0 spiro atoms. The third kappa shape index (κ3) is 5.32. The van der Waals surface area contributed by atoms with E-state index in [4.69, 9.17) is 18.6 Å². The van der Waals surface area contributed by atoms with Gasteiger partial charge < -0.3 is 23.7 Å². The molecule has 0 aliphatic rings. The summed E-state index contributed by atoms with van der Waals surface area (Å²) in [6.07, 6.45) is 0.352. The number of alkyl halides is 1. The zero-order chi connectivity index (χ0) is 20.9. The molecule has 0 atom stereocenters. The molecule has 0 unspecified atom stereocenters. The van der Waals surface area contributed by atoms with Gasteiger partial charge in [0, 0.05) is 23.9 Å². The molecule has 11 heteroatoms. The minimum absolute atomic E-state index is 0.119. The first kappa shape index (κ1) is 21.9. The average molecular weight is 478 g/mol. The van der Waals surface area contributed by atoms with Gasteiger partial charge >= 0.3 is 5.97 Å². The molecule has 0 radical (unpaired) electrons. The van der Waals surface area contributed by atoms with Gasteiger partial charge in [0.15, 0.2) is 5.76 Å². The van der Waals surface area contributed by atoms with Crippen LogP contribution in [0.1, 0.15) is 13.3 Å². The van der Waals surface area contributed by atoms with Crippen molar-refractivity contribution in [3.8, 4) is 34.3 Å². The lowest BCUT2D eigenvalue weighted by Crippen LogP contribution is -2.17. The summed E-state index contributed by atoms with van der Waals surface area (Å²) in [6.45, 7) is 1.11. The molecule has 0 saturated heterocycles. The zero-order valence-corrected chi connectivity index (χ0v) is 17.8. The Hall–Kier alpha value is -2.40. The molecule has 1 aromatic heterocycles. The minimum atomic E-state index is -3.79. The molecule has 0 fully saturated rings. The number of sulfonamides is 1. The van der Waals surface area contributed by atoms with Crippen LogP contribution in [0.4, 0.5) is 5.88 Å². The summed E-state index contributed by atoms with van der Waals surface area (Å²) in [6, 6.07) is 4.70. The van der Waals surface area contributed by atoms with Crippen LogP contribution in [-0.2, 0) is 14.8 Å². The van der Waals surface area contributed by atoms with Crippen molar-refractivity contribution in [2.24, 2.45) is 0 Å². The molecule has 1 aromatic carbocycles. The maximum atomic E-state index is 12.2. The fourth-order valence-corrected chi connectivity index (χ4v) is 3.98. The highest BCUT2D eigenvalue weighted by Crippen LogP contribution is 2.47. The van der Waals surface area contributed by atoms with Crippen LogP contribution in [0.15, 0.2) is 22.6 Å². The van der Waals surface area contributed by atoms with E-state index in [0.717, 1.165) is 6.92 Å². The number of benzene rings is 1. The highest BCUT2D eigenvalue weighted by Gasteiger charge is 2.27. The van der Waals surface area contributed by atoms with E-state index in [1.54, 1.807) is 18.2 Å². The zero-order valence-electron chi connectivity index (χ0n) is 15.4. The first-order valence-corrected chi connectivity index (χ1v) is 10.8. The third-order valence-corrected chi connectivity index (χ3v) is 5.38. The minimum Gasteiger partial charge on any atom is -0.502 e.